The predicted molar refractivity (Wildman–Crippen MR) is 127 cm³/mol. The minimum atomic E-state index is -0.408. The smallest absolute Gasteiger partial charge is 0.324 e. The van der Waals surface area contributed by atoms with E-state index in [9.17, 15) is 4.39 Å². The van der Waals surface area contributed by atoms with Crippen LogP contribution in [0.25, 0.3) is 0 Å². The number of benzene rings is 1. The van der Waals surface area contributed by atoms with E-state index in [-0.39, 0.29) is 24.1 Å². The summed E-state index contributed by atoms with van der Waals surface area (Å²) in [7, 11) is 0. The highest BCUT2D eigenvalue weighted by molar-refractivity contribution is 7.80. The number of fused-ring (bicyclic) bond motifs is 2. The molecule has 3 aromatic rings. The monoisotopic (exact) mass is 486 g/mol. The zero-order valence-corrected chi connectivity index (χ0v) is 20.1. The first-order valence-corrected chi connectivity index (χ1v) is 11.8. The van der Waals surface area contributed by atoms with Crippen molar-refractivity contribution in [3.8, 4) is 5.88 Å². The minimum Gasteiger partial charge on any atom is -0.474 e. The average Bonchev–Trinajstić information content (AvgIpc) is 3.28. The maximum Gasteiger partial charge on any atom is 0.324 e. The van der Waals surface area contributed by atoms with E-state index < -0.39 is 5.82 Å². The Morgan fingerprint density at radius 1 is 1.21 bits per heavy atom. The summed E-state index contributed by atoms with van der Waals surface area (Å²) in [4.78, 5) is 15.9. The fourth-order valence-electron chi connectivity index (χ4n) is 4.41. The van der Waals surface area contributed by atoms with Crippen LogP contribution in [0.3, 0.4) is 0 Å². The van der Waals surface area contributed by atoms with Gasteiger partial charge in [0.1, 0.15) is 24.1 Å². The standard InChI is InChI=1S/C23H27FN6O3S/c1-12(2)20-28-23(33-29-20)30-14-6-16(7-15(30)10-31-9-14)32-22-13(3)21(25-11-26-22)27-19-5-4-17(34)8-18(19)24/h4-5,8,11-12,14-16,34H,6-7,9-10H2,1-3H3,(H,25,26,27). The Morgan fingerprint density at radius 3 is 2.65 bits per heavy atom. The molecule has 1 N–H and O–H groups in total. The third kappa shape index (κ3) is 4.54. The third-order valence-corrected chi connectivity index (χ3v) is 6.45. The summed E-state index contributed by atoms with van der Waals surface area (Å²) in [5, 5.41) is 7.15. The highest BCUT2D eigenvalue weighted by atomic mass is 32.1. The van der Waals surface area contributed by atoms with Crippen LogP contribution >= 0.6 is 12.6 Å². The van der Waals surface area contributed by atoms with Gasteiger partial charge in [0.2, 0.25) is 5.88 Å². The second kappa shape index (κ2) is 9.38. The number of hydrogen-bond acceptors (Lipinski definition) is 10. The summed E-state index contributed by atoms with van der Waals surface area (Å²) >= 11 is 4.17. The number of aromatic nitrogens is 4. The van der Waals surface area contributed by atoms with Crippen molar-refractivity contribution in [2.45, 2.75) is 62.6 Å². The zero-order valence-electron chi connectivity index (χ0n) is 19.2. The molecule has 2 atom stereocenters. The van der Waals surface area contributed by atoms with E-state index in [1.54, 1.807) is 12.1 Å². The van der Waals surface area contributed by atoms with E-state index in [1.165, 1.54) is 12.4 Å². The van der Waals surface area contributed by atoms with Gasteiger partial charge in [-0.3, -0.25) is 0 Å². The topological polar surface area (TPSA) is 98.4 Å². The number of rotatable bonds is 6. The van der Waals surface area contributed by atoms with Gasteiger partial charge in [0, 0.05) is 23.7 Å². The van der Waals surface area contributed by atoms with Gasteiger partial charge in [-0.2, -0.15) is 4.98 Å². The van der Waals surface area contributed by atoms with Crippen molar-refractivity contribution < 1.29 is 18.4 Å². The molecule has 0 radical (unpaired) electrons. The van der Waals surface area contributed by atoms with Gasteiger partial charge in [0.15, 0.2) is 5.82 Å². The molecule has 1 aromatic carbocycles. The van der Waals surface area contributed by atoms with Gasteiger partial charge in [-0.05, 0) is 25.1 Å². The molecule has 2 fully saturated rings. The van der Waals surface area contributed by atoms with Gasteiger partial charge in [-0.1, -0.05) is 19.0 Å². The second-order valence-corrected chi connectivity index (χ2v) is 9.51. The maximum absolute atomic E-state index is 14.3. The Hall–Kier alpha value is -2.92. The van der Waals surface area contributed by atoms with Crippen LogP contribution in [0.4, 0.5) is 21.9 Å². The molecule has 9 nitrogen and oxygen atoms in total. The third-order valence-electron chi connectivity index (χ3n) is 6.17. The summed E-state index contributed by atoms with van der Waals surface area (Å²) < 4.78 is 32.0. The molecule has 2 aliphatic rings. The first-order chi connectivity index (χ1) is 16.4. The largest absolute Gasteiger partial charge is 0.474 e. The molecule has 34 heavy (non-hydrogen) atoms. The summed E-state index contributed by atoms with van der Waals surface area (Å²) in [5.74, 6) is 1.45. The van der Waals surface area contributed by atoms with E-state index in [4.69, 9.17) is 14.0 Å². The SMILES string of the molecule is Cc1c(Nc2ccc(S)cc2F)ncnc1OC1CC2COCC(C1)N2c1nc(C(C)C)no1. The molecule has 2 saturated heterocycles. The molecule has 0 amide bonds. The van der Waals surface area contributed by atoms with E-state index in [0.717, 1.165) is 12.8 Å². The number of nitrogens with zero attached hydrogens (tertiary/aromatic N) is 5. The lowest BCUT2D eigenvalue weighted by atomic mass is 9.92. The Morgan fingerprint density at radius 2 is 1.97 bits per heavy atom. The Bertz CT molecular complexity index is 1160. The quantitative estimate of drug-likeness (QED) is 0.495. The number of thiol groups is 1. The van der Waals surface area contributed by atoms with Gasteiger partial charge in [-0.15, -0.1) is 12.6 Å². The summed E-state index contributed by atoms with van der Waals surface area (Å²) in [6.45, 7) is 7.05. The molecular formula is C23H27FN6O3S. The van der Waals surface area contributed by atoms with Crippen molar-refractivity contribution >= 4 is 30.1 Å². The normalized spacial score (nSPS) is 22.2. The van der Waals surface area contributed by atoms with Crippen molar-refractivity contribution in [2.24, 2.45) is 0 Å². The maximum atomic E-state index is 14.3. The lowest BCUT2D eigenvalue weighted by molar-refractivity contribution is 0.00426. The molecule has 2 unspecified atom stereocenters. The Kier molecular flexibility index (Phi) is 6.30. The first kappa shape index (κ1) is 22.9. The summed E-state index contributed by atoms with van der Waals surface area (Å²) in [5.41, 5.74) is 1.02. The number of anilines is 3. The molecule has 0 spiro atoms. The van der Waals surface area contributed by atoms with Crippen LogP contribution < -0.4 is 15.0 Å². The summed E-state index contributed by atoms with van der Waals surface area (Å²) in [6, 6.07) is 5.35. The molecule has 2 bridgehead atoms. The van der Waals surface area contributed by atoms with E-state index in [2.05, 4.69) is 43.0 Å². The number of hydrogen-bond donors (Lipinski definition) is 2. The average molecular weight is 487 g/mol. The number of piperidine rings is 1. The Balaban J connectivity index is 1.31. The van der Waals surface area contributed by atoms with Crippen molar-refractivity contribution in [1.82, 2.24) is 20.1 Å². The molecule has 0 saturated carbocycles. The first-order valence-electron chi connectivity index (χ1n) is 11.3. The molecule has 5 rings (SSSR count). The highest BCUT2D eigenvalue weighted by Crippen LogP contribution is 2.35. The summed E-state index contributed by atoms with van der Waals surface area (Å²) in [6.07, 6.45) is 2.80. The van der Waals surface area contributed by atoms with E-state index in [0.29, 0.717) is 52.9 Å². The number of nitrogens with one attached hydrogen (secondary N) is 1. The van der Waals surface area contributed by atoms with Crippen molar-refractivity contribution in [3.63, 3.8) is 0 Å². The zero-order chi connectivity index (χ0) is 23.8. The van der Waals surface area contributed by atoms with Crippen molar-refractivity contribution in [2.75, 3.05) is 23.4 Å². The van der Waals surface area contributed by atoms with E-state index >= 15 is 0 Å². The predicted octanol–water partition coefficient (Wildman–Crippen LogP) is 4.28. The van der Waals surface area contributed by atoms with Crippen LogP contribution in [0.1, 0.15) is 44.0 Å². The van der Waals surface area contributed by atoms with Gasteiger partial charge < -0.3 is 24.2 Å². The van der Waals surface area contributed by atoms with Crippen molar-refractivity contribution in [1.29, 1.82) is 0 Å². The van der Waals surface area contributed by atoms with Gasteiger partial charge in [0.25, 0.3) is 0 Å². The number of ether oxygens (including phenoxy) is 2. The minimum absolute atomic E-state index is 0.0616. The highest BCUT2D eigenvalue weighted by Gasteiger charge is 2.42. The van der Waals surface area contributed by atoms with Crippen LogP contribution in [0.5, 0.6) is 5.88 Å². The lowest BCUT2D eigenvalue weighted by Gasteiger charge is -2.47. The van der Waals surface area contributed by atoms with Crippen LogP contribution in [-0.2, 0) is 4.74 Å². The molecule has 2 aromatic heterocycles. The molecule has 0 aliphatic carbocycles. The fraction of sp³-hybridized carbons (Fsp3) is 0.478. The molecular weight excluding hydrogens is 459 g/mol. The van der Waals surface area contributed by atoms with Gasteiger partial charge >= 0.3 is 6.01 Å². The molecule has 2 aliphatic heterocycles. The number of halogens is 1. The Labute approximate surface area is 202 Å². The van der Waals surface area contributed by atoms with Crippen LogP contribution in [0.15, 0.2) is 33.9 Å². The van der Waals surface area contributed by atoms with Crippen molar-refractivity contribution in [3.05, 3.63) is 41.7 Å². The molecule has 4 heterocycles. The van der Waals surface area contributed by atoms with E-state index in [1.807, 2.05) is 20.8 Å². The lowest BCUT2D eigenvalue weighted by Crippen LogP contribution is -2.59. The fourth-order valence-corrected chi connectivity index (χ4v) is 4.60. The number of morpholine rings is 1. The second-order valence-electron chi connectivity index (χ2n) is 9.00. The van der Waals surface area contributed by atoms with Gasteiger partial charge in [-0.25, -0.2) is 14.4 Å². The van der Waals surface area contributed by atoms with Crippen LogP contribution in [0.2, 0.25) is 0 Å². The molecule has 180 valence electrons. The molecule has 11 heteroatoms. The van der Waals surface area contributed by atoms with Crippen LogP contribution in [0, 0.1) is 12.7 Å². The van der Waals surface area contributed by atoms with Gasteiger partial charge in [0.05, 0.1) is 36.5 Å². The van der Waals surface area contributed by atoms with Crippen LogP contribution in [-0.4, -0.2) is 51.5 Å².